The van der Waals surface area contributed by atoms with Crippen molar-refractivity contribution in [3.05, 3.63) is 41.9 Å². The van der Waals surface area contributed by atoms with Crippen molar-refractivity contribution >= 4 is 11.6 Å². The molecule has 0 heterocycles. The molecule has 0 aliphatic rings. The maximum atomic E-state index is 5.72. The van der Waals surface area contributed by atoms with Crippen LogP contribution in [0.1, 0.15) is 5.56 Å². The molecular weight excluding hydrogens is 158 g/mol. The Morgan fingerprint density at radius 1 is 1.27 bits per heavy atom. The predicted octanol–water partition coefficient (Wildman–Crippen LogP) is 2.26. The molecule has 0 unspecified atom stereocenters. The Labute approximate surface area is 72.4 Å². The fourth-order valence-corrected chi connectivity index (χ4v) is 1.01. The van der Waals surface area contributed by atoms with E-state index in [0.29, 0.717) is 0 Å². The minimum atomic E-state index is 0.788. The minimum absolute atomic E-state index is 0.788. The van der Waals surface area contributed by atoms with Crippen LogP contribution in [0.5, 0.6) is 0 Å². The van der Waals surface area contributed by atoms with Gasteiger partial charge < -0.3 is 5.32 Å². The lowest BCUT2D eigenvalue weighted by molar-refractivity contribution is 0.829. The average molecular weight is 169 g/mol. The number of rotatable bonds is 3. The van der Waals surface area contributed by atoms with Gasteiger partial charge in [0.25, 0.3) is 0 Å². The largest absolute Gasteiger partial charge is 0.315 e. The first-order valence-corrected chi connectivity index (χ1v) is 3.95. The molecule has 0 aliphatic heterocycles. The van der Waals surface area contributed by atoms with Crippen LogP contribution in [0.25, 0.3) is 0 Å². The van der Waals surface area contributed by atoms with Gasteiger partial charge in [-0.25, -0.2) is 0 Å². The van der Waals surface area contributed by atoms with Gasteiger partial charge in [-0.2, -0.15) is 0 Å². The Bertz CT molecular complexity index is 205. The lowest BCUT2D eigenvalue weighted by Crippen LogP contribution is -2.07. The highest BCUT2D eigenvalue weighted by Gasteiger charge is 1.90. The van der Waals surface area contributed by atoms with Crippen molar-refractivity contribution in [1.29, 1.82) is 0 Å². The summed E-state index contributed by atoms with van der Waals surface area (Å²) in [5.74, 6) is 0. The second kappa shape index (κ2) is 4.37. The van der Waals surface area contributed by atoms with Crippen LogP contribution < -0.4 is 5.32 Å². The van der Waals surface area contributed by atoms with E-state index in [1.54, 1.807) is 0 Å². The van der Waals surface area contributed by atoms with Crippen molar-refractivity contribution in [3.8, 4) is 0 Å². The molecule has 1 rings (SSSR count). The summed E-state index contributed by atoms with van der Waals surface area (Å²) in [6.07, 6.45) is 1.00. The smallest absolute Gasteiger partial charge is 0.0406 e. The lowest BCUT2D eigenvalue weighted by atomic mass is 10.1. The van der Waals surface area contributed by atoms with Crippen LogP contribution in [0, 0.1) is 7.05 Å². The molecule has 1 aromatic rings. The zero-order valence-electron chi connectivity index (χ0n) is 6.31. The van der Waals surface area contributed by atoms with Gasteiger partial charge in [-0.3, -0.25) is 0 Å². The van der Waals surface area contributed by atoms with Crippen molar-refractivity contribution in [2.24, 2.45) is 0 Å². The quantitative estimate of drug-likeness (QED) is 0.730. The van der Waals surface area contributed by atoms with Gasteiger partial charge in [0, 0.05) is 12.1 Å². The Morgan fingerprint density at radius 3 is 2.45 bits per heavy atom. The van der Waals surface area contributed by atoms with E-state index in [2.05, 4.69) is 12.4 Å². The topological polar surface area (TPSA) is 12.0 Å². The van der Waals surface area contributed by atoms with Gasteiger partial charge in [0.05, 0.1) is 0 Å². The Kier molecular flexibility index (Phi) is 3.40. The number of halogens is 1. The molecule has 1 radical (unpaired) electrons. The minimum Gasteiger partial charge on any atom is -0.315 e. The molecule has 0 atom stereocenters. The second-order valence-corrected chi connectivity index (χ2v) is 2.81. The first-order chi connectivity index (χ1) is 5.33. The van der Waals surface area contributed by atoms with Gasteiger partial charge in [-0.15, -0.1) is 0 Å². The van der Waals surface area contributed by atoms with Crippen LogP contribution in [0.15, 0.2) is 24.3 Å². The maximum Gasteiger partial charge on any atom is 0.0406 e. The van der Waals surface area contributed by atoms with Crippen molar-refractivity contribution < 1.29 is 0 Å². The molecule has 1 aromatic carbocycles. The first kappa shape index (κ1) is 8.57. The van der Waals surface area contributed by atoms with E-state index in [0.717, 1.165) is 18.0 Å². The summed E-state index contributed by atoms with van der Waals surface area (Å²) in [5, 5.41) is 3.64. The van der Waals surface area contributed by atoms with Crippen LogP contribution >= 0.6 is 11.6 Å². The summed E-state index contributed by atoms with van der Waals surface area (Å²) in [7, 11) is 3.54. The van der Waals surface area contributed by atoms with E-state index in [4.69, 9.17) is 11.6 Å². The summed E-state index contributed by atoms with van der Waals surface area (Å²) in [6.45, 7) is 0.904. The molecule has 0 bridgehead atoms. The lowest BCUT2D eigenvalue weighted by Gasteiger charge is -1.99. The molecule has 0 amide bonds. The molecule has 0 saturated carbocycles. The summed E-state index contributed by atoms with van der Waals surface area (Å²) in [5.41, 5.74) is 1.28. The van der Waals surface area contributed by atoms with Gasteiger partial charge in [-0.05, 0) is 30.7 Å². The average Bonchev–Trinajstić information content (AvgIpc) is 2.04. The second-order valence-electron chi connectivity index (χ2n) is 2.38. The standard InChI is InChI=1S/C9H11ClN/c1-11-7-6-8-2-4-9(10)5-3-8/h2-5,11H,1,6-7H2. The van der Waals surface area contributed by atoms with Gasteiger partial charge in [0.1, 0.15) is 0 Å². The van der Waals surface area contributed by atoms with E-state index >= 15 is 0 Å². The zero-order chi connectivity index (χ0) is 8.10. The summed E-state index contributed by atoms with van der Waals surface area (Å²) in [6, 6.07) is 7.86. The molecule has 1 nitrogen and oxygen atoms in total. The van der Waals surface area contributed by atoms with Crippen molar-refractivity contribution in [1.82, 2.24) is 5.32 Å². The molecule has 0 spiro atoms. The van der Waals surface area contributed by atoms with Gasteiger partial charge in [0.2, 0.25) is 0 Å². The molecule has 1 N–H and O–H groups in total. The molecule has 11 heavy (non-hydrogen) atoms. The molecule has 0 fully saturated rings. The van der Waals surface area contributed by atoms with Gasteiger partial charge >= 0.3 is 0 Å². The third kappa shape index (κ3) is 2.91. The zero-order valence-corrected chi connectivity index (χ0v) is 7.06. The number of hydrogen-bond acceptors (Lipinski definition) is 1. The molecular formula is C9H11ClN. The summed E-state index contributed by atoms with van der Waals surface area (Å²) >= 11 is 5.72. The van der Waals surface area contributed by atoms with Crippen LogP contribution in [0.3, 0.4) is 0 Å². The molecule has 0 aliphatic carbocycles. The van der Waals surface area contributed by atoms with E-state index < -0.39 is 0 Å². The normalized spacial score (nSPS) is 10.0. The highest BCUT2D eigenvalue weighted by Crippen LogP contribution is 2.09. The van der Waals surface area contributed by atoms with Gasteiger partial charge in [0.15, 0.2) is 0 Å². The molecule has 0 aromatic heterocycles. The monoisotopic (exact) mass is 168 g/mol. The van der Waals surface area contributed by atoms with E-state index in [-0.39, 0.29) is 0 Å². The Balaban J connectivity index is 2.52. The van der Waals surface area contributed by atoms with E-state index in [1.165, 1.54) is 5.56 Å². The van der Waals surface area contributed by atoms with E-state index in [1.807, 2.05) is 24.3 Å². The summed E-state index contributed by atoms with van der Waals surface area (Å²) in [4.78, 5) is 0. The van der Waals surface area contributed by atoms with Crippen molar-refractivity contribution in [2.45, 2.75) is 6.42 Å². The number of hydrogen-bond donors (Lipinski definition) is 1. The highest BCUT2D eigenvalue weighted by molar-refractivity contribution is 6.30. The third-order valence-corrected chi connectivity index (χ3v) is 1.76. The predicted molar refractivity (Wildman–Crippen MR) is 48.5 cm³/mol. The molecule has 2 heteroatoms. The molecule has 59 valence electrons. The maximum absolute atomic E-state index is 5.72. The third-order valence-electron chi connectivity index (χ3n) is 1.50. The molecule has 0 saturated heterocycles. The van der Waals surface area contributed by atoms with Crippen LogP contribution in [-0.4, -0.2) is 6.54 Å². The summed E-state index contributed by atoms with van der Waals surface area (Å²) < 4.78 is 0. The van der Waals surface area contributed by atoms with Crippen molar-refractivity contribution in [3.63, 3.8) is 0 Å². The van der Waals surface area contributed by atoms with Crippen LogP contribution in [0.4, 0.5) is 0 Å². The Morgan fingerprint density at radius 2 is 1.91 bits per heavy atom. The highest BCUT2D eigenvalue weighted by atomic mass is 35.5. The fraction of sp³-hybridized carbons (Fsp3) is 0.222. The van der Waals surface area contributed by atoms with Crippen LogP contribution in [0.2, 0.25) is 5.02 Å². The number of nitrogens with one attached hydrogen (secondary N) is 1. The van der Waals surface area contributed by atoms with Crippen molar-refractivity contribution in [2.75, 3.05) is 6.54 Å². The Hall–Kier alpha value is -0.530. The van der Waals surface area contributed by atoms with Gasteiger partial charge in [-0.1, -0.05) is 23.7 Å². The van der Waals surface area contributed by atoms with E-state index in [9.17, 15) is 0 Å². The fourth-order valence-electron chi connectivity index (χ4n) is 0.884. The first-order valence-electron chi connectivity index (χ1n) is 3.57. The van der Waals surface area contributed by atoms with Crippen LogP contribution in [-0.2, 0) is 6.42 Å². The number of benzene rings is 1. The SMILES string of the molecule is [CH2]NCCc1ccc(Cl)cc1.